The van der Waals surface area contributed by atoms with Crippen LogP contribution >= 0.6 is 0 Å². The smallest absolute Gasteiger partial charge is 0.292 e. The standard InChI is InChI=1S/C13H17N3O3/c14-13(17)9-5-1-2-6-10(9)15-11-7-3-4-8-12(11)16(18)19/h3-4,7-10,15H,1-2,5-6H2,(H2,14,17). The number of carbonyl (C=O) groups excluding carboxylic acids is 1. The zero-order valence-corrected chi connectivity index (χ0v) is 10.5. The predicted molar refractivity (Wildman–Crippen MR) is 71.7 cm³/mol. The van der Waals surface area contributed by atoms with E-state index in [1.807, 2.05) is 0 Å². The van der Waals surface area contributed by atoms with Crippen molar-refractivity contribution in [2.45, 2.75) is 31.7 Å². The summed E-state index contributed by atoms with van der Waals surface area (Å²) in [6.45, 7) is 0. The second-order valence-electron chi connectivity index (χ2n) is 4.82. The number of nitro benzene ring substituents is 1. The number of amides is 1. The average molecular weight is 263 g/mol. The van der Waals surface area contributed by atoms with Gasteiger partial charge in [0, 0.05) is 12.1 Å². The van der Waals surface area contributed by atoms with E-state index >= 15 is 0 Å². The van der Waals surface area contributed by atoms with Gasteiger partial charge in [-0.05, 0) is 18.9 Å². The Labute approximate surface area is 111 Å². The van der Waals surface area contributed by atoms with Gasteiger partial charge in [-0.2, -0.15) is 0 Å². The molecule has 1 aromatic carbocycles. The van der Waals surface area contributed by atoms with Crippen molar-refractivity contribution in [3.63, 3.8) is 0 Å². The molecule has 2 rings (SSSR count). The van der Waals surface area contributed by atoms with Crippen molar-refractivity contribution in [3.05, 3.63) is 34.4 Å². The molecule has 1 fully saturated rings. The Balaban J connectivity index is 2.19. The average Bonchev–Trinajstić information content (AvgIpc) is 2.39. The third-order valence-electron chi connectivity index (χ3n) is 3.57. The van der Waals surface area contributed by atoms with Gasteiger partial charge in [-0.15, -0.1) is 0 Å². The highest BCUT2D eigenvalue weighted by atomic mass is 16.6. The Morgan fingerprint density at radius 1 is 1.32 bits per heavy atom. The lowest BCUT2D eigenvalue weighted by molar-refractivity contribution is -0.384. The van der Waals surface area contributed by atoms with Crippen LogP contribution in [0.5, 0.6) is 0 Å². The van der Waals surface area contributed by atoms with Crippen molar-refractivity contribution in [1.29, 1.82) is 0 Å². The van der Waals surface area contributed by atoms with E-state index < -0.39 is 4.92 Å². The molecule has 0 aliphatic heterocycles. The van der Waals surface area contributed by atoms with Crippen LogP contribution in [-0.2, 0) is 4.79 Å². The summed E-state index contributed by atoms with van der Waals surface area (Å²) in [7, 11) is 0. The molecule has 102 valence electrons. The first-order valence-corrected chi connectivity index (χ1v) is 6.39. The minimum absolute atomic E-state index is 0.0243. The maximum Gasteiger partial charge on any atom is 0.292 e. The van der Waals surface area contributed by atoms with E-state index in [1.54, 1.807) is 18.2 Å². The fraction of sp³-hybridized carbons (Fsp3) is 0.462. The van der Waals surface area contributed by atoms with Crippen LogP contribution in [0.2, 0.25) is 0 Å². The summed E-state index contributed by atoms with van der Waals surface area (Å²) in [5.41, 5.74) is 5.87. The minimum atomic E-state index is -0.426. The second-order valence-corrected chi connectivity index (χ2v) is 4.82. The minimum Gasteiger partial charge on any atom is -0.376 e. The lowest BCUT2D eigenvalue weighted by Crippen LogP contribution is -2.40. The molecule has 19 heavy (non-hydrogen) atoms. The number of para-hydroxylation sites is 2. The number of rotatable bonds is 4. The van der Waals surface area contributed by atoms with Crippen LogP contribution in [-0.4, -0.2) is 16.9 Å². The van der Waals surface area contributed by atoms with Crippen LogP contribution in [0.1, 0.15) is 25.7 Å². The van der Waals surface area contributed by atoms with E-state index in [4.69, 9.17) is 5.73 Å². The van der Waals surface area contributed by atoms with Gasteiger partial charge in [-0.3, -0.25) is 14.9 Å². The molecule has 6 nitrogen and oxygen atoms in total. The Hall–Kier alpha value is -2.11. The number of anilines is 1. The van der Waals surface area contributed by atoms with Crippen molar-refractivity contribution >= 4 is 17.3 Å². The van der Waals surface area contributed by atoms with Gasteiger partial charge in [-0.1, -0.05) is 25.0 Å². The first-order chi connectivity index (χ1) is 9.09. The fourth-order valence-corrected chi connectivity index (χ4v) is 2.60. The number of primary amides is 1. The predicted octanol–water partition coefficient (Wildman–Crippen LogP) is 2.05. The first kappa shape index (κ1) is 13.3. The molecule has 3 N–H and O–H groups in total. The van der Waals surface area contributed by atoms with E-state index in [1.165, 1.54) is 6.07 Å². The number of hydrogen-bond acceptors (Lipinski definition) is 4. The van der Waals surface area contributed by atoms with Crippen molar-refractivity contribution in [3.8, 4) is 0 Å². The fourth-order valence-electron chi connectivity index (χ4n) is 2.60. The number of hydrogen-bond donors (Lipinski definition) is 2. The summed E-state index contributed by atoms with van der Waals surface area (Å²) in [5.74, 6) is -0.593. The molecule has 0 spiro atoms. The quantitative estimate of drug-likeness (QED) is 0.641. The van der Waals surface area contributed by atoms with Crippen LogP contribution in [0.3, 0.4) is 0 Å². The zero-order chi connectivity index (χ0) is 13.8. The zero-order valence-electron chi connectivity index (χ0n) is 10.5. The number of nitrogens with zero attached hydrogens (tertiary/aromatic N) is 1. The van der Waals surface area contributed by atoms with Crippen LogP contribution in [0.4, 0.5) is 11.4 Å². The van der Waals surface area contributed by atoms with Gasteiger partial charge in [-0.25, -0.2) is 0 Å². The van der Waals surface area contributed by atoms with E-state index in [-0.39, 0.29) is 23.6 Å². The molecule has 2 atom stereocenters. The maximum atomic E-state index is 11.4. The molecule has 1 aliphatic carbocycles. The number of benzene rings is 1. The summed E-state index contributed by atoms with van der Waals surface area (Å²) in [6.07, 6.45) is 3.53. The highest BCUT2D eigenvalue weighted by molar-refractivity contribution is 5.78. The Bertz CT molecular complexity index is 490. The van der Waals surface area contributed by atoms with Gasteiger partial charge >= 0.3 is 0 Å². The van der Waals surface area contributed by atoms with Crippen LogP contribution in [0.15, 0.2) is 24.3 Å². The third-order valence-corrected chi connectivity index (χ3v) is 3.57. The van der Waals surface area contributed by atoms with E-state index in [0.29, 0.717) is 5.69 Å². The molecule has 0 radical (unpaired) electrons. The molecule has 2 unspecified atom stereocenters. The second kappa shape index (κ2) is 5.69. The van der Waals surface area contributed by atoms with Crippen LogP contribution in [0.25, 0.3) is 0 Å². The Morgan fingerprint density at radius 2 is 2.00 bits per heavy atom. The van der Waals surface area contributed by atoms with Gasteiger partial charge in [0.1, 0.15) is 5.69 Å². The van der Waals surface area contributed by atoms with Crippen LogP contribution < -0.4 is 11.1 Å². The number of nitrogens with one attached hydrogen (secondary N) is 1. The molecule has 0 heterocycles. The van der Waals surface area contributed by atoms with Gasteiger partial charge in [0.15, 0.2) is 0 Å². The first-order valence-electron chi connectivity index (χ1n) is 6.39. The van der Waals surface area contributed by atoms with Gasteiger partial charge in [0.05, 0.1) is 10.8 Å². The lowest BCUT2D eigenvalue weighted by Gasteiger charge is -2.30. The SMILES string of the molecule is NC(=O)C1CCCCC1Nc1ccccc1[N+](=O)[O-]. The molecule has 1 aliphatic rings. The van der Waals surface area contributed by atoms with Gasteiger partial charge < -0.3 is 11.1 Å². The highest BCUT2D eigenvalue weighted by Gasteiger charge is 2.30. The molecule has 1 amide bonds. The van der Waals surface area contributed by atoms with E-state index in [2.05, 4.69) is 5.32 Å². The summed E-state index contributed by atoms with van der Waals surface area (Å²) in [4.78, 5) is 21.9. The Morgan fingerprint density at radius 3 is 2.68 bits per heavy atom. The molecular formula is C13H17N3O3. The summed E-state index contributed by atoms with van der Waals surface area (Å²) >= 11 is 0. The summed E-state index contributed by atoms with van der Waals surface area (Å²) in [5, 5.41) is 14.1. The molecule has 1 saturated carbocycles. The molecular weight excluding hydrogens is 246 g/mol. The molecule has 0 bridgehead atoms. The Kier molecular flexibility index (Phi) is 3.99. The van der Waals surface area contributed by atoms with Crippen LogP contribution in [0, 0.1) is 16.0 Å². The molecule has 0 aromatic heterocycles. The molecule has 1 aromatic rings. The number of nitro groups is 1. The highest BCUT2D eigenvalue weighted by Crippen LogP contribution is 2.30. The van der Waals surface area contributed by atoms with E-state index in [9.17, 15) is 14.9 Å². The number of carbonyl (C=O) groups is 1. The summed E-state index contributed by atoms with van der Waals surface area (Å²) in [6, 6.07) is 6.34. The topological polar surface area (TPSA) is 98.3 Å². The van der Waals surface area contributed by atoms with Gasteiger partial charge in [0.25, 0.3) is 5.69 Å². The maximum absolute atomic E-state index is 11.4. The molecule has 0 saturated heterocycles. The largest absolute Gasteiger partial charge is 0.376 e. The number of nitrogens with two attached hydrogens (primary N) is 1. The monoisotopic (exact) mass is 263 g/mol. The normalized spacial score (nSPS) is 22.7. The molecule has 6 heteroatoms. The van der Waals surface area contributed by atoms with Crippen molar-refractivity contribution in [1.82, 2.24) is 0 Å². The van der Waals surface area contributed by atoms with Gasteiger partial charge in [0.2, 0.25) is 5.91 Å². The van der Waals surface area contributed by atoms with Crippen molar-refractivity contribution in [2.24, 2.45) is 11.7 Å². The van der Waals surface area contributed by atoms with Crippen molar-refractivity contribution < 1.29 is 9.72 Å². The summed E-state index contributed by atoms with van der Waals surface area (Å²) < 4.78 is 0. The lowest BCUT2D eigenvalue weighted by atomic mass is 9.84. The van der Waals surface area contributed by atoms with E-state index in [0.717, 1.165) is 25.7 Å². The third kappa shape index (κ3) is 3.01. The van der Waals surface area contributed by atoms with Crippen molar-refractivity contribution in [2.75, 3.05) is 5.32 Å².